The average Bonchev–Trinajstić information content (AvgIpc) is 3.38. The summed E-state index contributed by atoms with van der Waals surface area (Å²) >= 11 is 0. The smallest absolute Gasteiger partial charge is 0.121 e. The predicted octanol–water partition coefficient (Wildman–Crippen LogP) is 4.97. The van der Waals surface area contributed by atoms with E-state index in [1.165, 1.54) is 22.4 Å². The van der Waals surface area contributed by atoms with Crippen LogP contribution in [0, 0.1) is 0 Å². The van der Waals surface area contributed by atoms with Crippen molar-refractivity contribution in [3.05, 3.63) is 89.5 Å². The topological polar surface area (TPSA) is 39.7 Å². The predicted molar refractivity (Wildman–Crippen MR) is 118 cm³/mol. The van der Waals surface area contributed by atoms with E-state index in [-0.39, 0.29) is 11.5 Å². The molecule has 1 spiro atoms. The second-order valence-electron chi connectivity index (χ2n) is 8.15. The van der Waals surface area contributed by atoms with Gasteiger partial charge < -0.3 is 19.5 Å². The third-order valence-corrected chi connectivity index (χ3v) is 6.43. The van der Waals surface area contributed by atoms with Gasteiger partial charge in [0.25, 0.3) is 0 Å². The molecule has 2 unspecified atom stereocenters. The summed E-state index contributed by atoms with van der Waals surface area (Å²) < 4.78 is 17.6. The first-order chi connectivity index (χ1) is 14.8. The van der Waals surface area contributed by atoms with E-state index in [9.17, 15) is 0 Å². The van der Waals surface area contributed by atoms with Crippen molar-refractivity contribution in [3.63, 3.8) is 0 Å². The van der Waals surface area contributed by atoms with Gasteiger partial charge in [0.1, 0.15) is 18.1 Å². The fourth-order valence-electron chi connectivity index (χ4n) is 4.73. The molecule has 4 heteroatoms. The summed E-state index contributed by atoms with van der Waals surface area (Å²) in [6, 6.07) is 25.0. The summed E-state index contributed by atoms with van der Waals surface area (Å²) in [4.78, 5) is 0. The van der Waals surface area contributed by atoms with Crippen LogP contribution in [0.1, 0.15) is 23.1 Å². The van der Waals surface area contributed by atoms with Gasteiger partial charge in [-0.15, -0.1) is 0 Å². The molecule has 1 N–H and O–H groups in total. The second kappa shape index (κ2) is 8.04. The lowest BCUT2D eigenvalue weighted by Crippen LogP contribution is -2.38. The maximum atomic E-state index is 6.24. The molecule has 0 amide bonds. The summed E-state index contributed by atoms with van der Waals surface area (Å²) in [5.74, 6) is 1.78. The molecule has 5 rings (SSSR count). The molecule has 2 aliphatic rings. The largest absolute Gasteiger partial charge is 0.497 e. The monoisotopic (exact) mass is 401 g/mol. The van der Waals surface area contributed by atoms with Crippen LogP contribution < -0.4 is 14.8 Å². The highest BCUT2D eigenvalue weighted by atomic mass is 16.5. The van der Waals surface area contributed by atoms with Crippen molar-refractivity contribution in [3.8, 4) is 11.5 Å². The Labute approximate surface area is 177 Å². The van der Waals surface area contributed by atoms with E-state index < -0.39 is 0 Å². The van der Waals surface area contributed by atoms with Gasteiger partial charge >= 0.3 is 0 Å². The zero-order valence-electron chi connectivity index (χ0n) is 17.3. The lowest BCUT2D eigenvalue weighted by Gasteiger charge is -2.30. The van der Waals surface area contributed by atoms with E-state index in [1.54, 1.807) is 7.11 Å². The van der Waals surface area contributed by atoms with Crippen molar-refractivity contribution in [2.75, 3.05) is 25.6 Å². The van der Waals surface area contributed by atoms with E-state index >= 15 is 0 Å². The van der Waals surface area contributed by atoms with Gasteiger partial charge in [-0.2, -0.15) is 0 Å². The maximum absolute atomic E-state index is 6.24. The standard InChI is InChI=1S/C26H27NO3/c1-28-21-9-7-19(8-10-21)15-25-26(13-14-29-25)18-27-24-16-22(11-12-23(24)26)30-17-20-5-3-2-4-6-20/h2-12,16,25,27H,13-15,17-18H2,1H3. The highest BCUT2D eigenvalue weighted by Gasteiger charge is 2.49. The molecule has 0 saturated carbocycles. The summed E-state index contributed by atoms with van der Waals surface area (Å²) in [5.41, 5.74) is 4.99. The molecular weight excluding hydrogens is 374 g/mol. The number of fused-ring (bicyclic) bond motifs is 2. The molecule has 1 fully saturated rings. The van der Waals surface area contributed by atoms with Crippen LogP contribution in [-0.2, 0) is 23.2 Å². The molecule has 0 radical (unpaired) electrons. The molecular formula is C26H27NO3. The van der Waals surface area contributed by atoms with Crippen molar-refractivity contribution in [1.82, 2.24) is 0 Å². The Hall–Kier alpha value is -2.98. The van der Waals surface area contributed by atoms with Gasteiger partial charge in [0.05, 0.1) is 13.2 Å². The van der Waals surface area contributed by atoms with E-state index in [1.807, 2.05) is 30.3 Å². The molecule has 2 aliphatic heterocycles. The first-order valence-corrected chi connectivity index (χ1v) is 10.6. The first-order valence-electron chi connectivity index (χ1n) is 10.6. The van der Waals surface area contributed by atoms with Gasteiger partial charge in [-0.25, -0.2) is 0 Å². The minimum atomic E-state index is 0.0211. The van der Waals surface area contributed by atoms with E-state index in [4.69, 9.17) is 14.2 Å². The van der Waals surface area contributed by atoms with E-state index in [2.05, 4.69) is 47.8 Å². The van der Waals surface area contributed by atoms with Crippen LogP contribution in [0.2, 0.25) is 0 Å². The number of ether oxygens (including phenoxy) is 3. The van der Waals surface area contributed by atoms with Crippen LogP contribution in [0.3, 0.4) is 0 Å². The summed E-state index contributed by atoms with van der Waals surface area (Å²) in [6.45, 7) is 2.29. The van der Waals surface area contributed by atoms with Gasteiger partial charge in [0.2, 0.25) is 0 Å². The van der Waals surface area contributed by atoms with Gasteiger partial charge in [0, 0.05) is 30.3 Å². The number of benzene rings is 3. The minimum absolute atomic E-state index is 0.0211. The maximum Gasteiger partial charge on any atom is 0.121 e. The van der Waals surface area contributed by atoms with Gasteiger partial charge in [-0.05, 0) is 47.7 Å². The summed E-state index contributed by atoms with van der Waals surface area (Å²) in [6.07, 6.45) is 2.10. The minimum Gasteiger partial charge on any atom is -0.497 e. The third kappa shape index (κ3) is 3.52. The Kier molecular flexibility index (Phi) is 5.09. The number of hydrogen-bond acceptors (Lipinski definition) is 4. The number of rotatable bonds is 6. The van der Waals surface area contributed by atoms with Crippen molar-refractivity contribution >= 4 is 5.69 Å². The second-order valence-corrected chi connectivity index (χ2v) is 8.15. The molecule has 0 bridgehead atoms. The number of anilines is 1. The zero-order valence-corrected chi connectivity index (χ0v) is 17.3. The highest BCUT2D eigenvalue weighted by Crippen LogP contribution is 2.48. The lowest BCUT2D eigenvalue weighted by molar-refractivity contribution is 0.0835. The van der Waals surface area contributed by atoms with Gasteiger partial charge in [-0.1, -0.05) is 48.5 Å². The number of hydrogen-bond donors (Lipinski definition) is 1. The summed E-state index contributed by atoms with van der Waals surface area (Å²) in [5, 5.41) is 3.63. The molecule has 3 aromatic rings. The van der Waals surface area contributed by atoms with Crippen LogP contribution in [0.4, 0.5) is 5.69 Å². The molecule has 1 saturated heterocycles. The van der Waals surface area contributed by atoms with Crippen LogP contribution in [0.5, 0.6) is 11.5 Å². The molecule has 154 valence electrons. The van der Waals surface area contributed by atoms with Gasteiger partial charge in [-0.3, -0.25) is 0 Å². The third-order valence-electron chi connectivity index (χ3n) is 6.43. The van der Waals surface area contributed by atoms with Gasteiger partial charge in [0.15, 0.2) is 0 Å². The fourth-order valence-corrected chi connectivity index (χ4v) is 4.73. The molecule has 2 heterocycles. The summed E-state index contributed by atoms with van der Waals surface area (Å²) in [7, 11) is 1.70. The van der Waals surface area contributed by atoms with E-state index in [0.29, 0.717) is 6.61 Å². The zero-order chi connectivity index (χ0) is 20.4. The Balaban J connectivity index is 1.33. The van der Waals surface area contributed by atoms with Crippen molar-refractivity contribution < 1.29 is 14.2 Å². The Morgan fingerprint density at radius 3 is 2.57 bits per heavy atom. The Morgan fingerprint density at radius 1 is 0.967 bits per heavy atom. The normalized spacial score (nSPS) is 22.0. The SMILES string of the molecule is COc1ccc(CC2OCCC23CNc2cc(OCc4ccccc4)ccc23)cc1. The number of methoxy groups -OCH3 is 1. The van der Waals surface area contributed by atoms with E-state index in [0.717, 1.165) is 37.5 Å². The molecule has 0 aliphatic carbocycles. The molecule has 30 heavy (non-hydrogen) atoms. The van der Waals surface area contributed by atoms with Crippen molar-refractivity contribution in [1.29, 1.82) is 0 Å². The quantitative estimate of drug-likeness (QED) is 0.633. The lowest BCUT2D eigenvalue weighted by atomic mass is 9.74. The highest BCUT2D eigenvalue weighted by molar-refractivity contribution is 5.64. The van der Waals surface area contributed by atoms with Crippen LogP contribution in [0.15, 0.2) is 72.8 Å². The first kappa shape index (κ1) is 19.0. The molecule has 0 aromatic heterocycles. The number of nitrogens with one attached hydrogen (secondary N) is 1. The average molecular weight is 402 g/mol. The molecule has 4 nitrogen and oxygen atoms in total. The Bertz CT molecular complexity index is 1000. The molecule has 2 atom stereocenters. The van der Waals surface area contributed by atoms with Crippen molar-refractivity contribution in [2.24, 2.45) is 0 Å². The van der Waals surface area contributed by atoms with Crippen molar-refractivity contribution in [2.45, 2.75) is 31.0 Å². The Morgan fingerprint density at radius 2 is 1.77 bits per heavy atom. The van der Waals surface area contributed by atoms with Crippen LogP contribution >= 0.6 is 0 Å². The fraction of sp³-hybridized carbons (Fsp3) is 0.308. The van der Waals surface area contributed by atoms with Crippen LogP contribution in [-0.4, -0.2) is 26.4 Å². The van der Waals surface area contributed by atoms with Crippen LogP contribution in [0.25, 0.3) is 0 Å². The molecule has 3 aromatic carbocycles.